The highest BCUT2D eigenvalue weighted by Gasteiger charge is 2.13. The fraction of sp³-hybridized carbons (Fsp3) is 0.625. The molecule has 18 heavy (non-hydrogen) atoms. The van der Waals surface area contributed by atoms with Gasteiger partial charge in [0.2, 0.25) is 0 Å². The number of nitrogens with zero attached hydrogens (tertiary/aromatic N) is 1. The van der Waals surface area contributed by atoms with E-state index in [4.69, 9.17) is 0 Å². The Hall–Kier alpha value is -0.860. The topological polar surface area (TPSA) is 15.3 Å². The molecule has 1 N–H and O–H groups in total. The molecule has 0 spiro atoms. The van der Waals surface area contributed by atoms with E-state index in [1.165, 1.54) is 43.4 Å². The maximum absolute atomic E-state index is 3.67. The molecule has 0 saturated carbocycles. The molecule has 0 bridgehead atoms. The van der Waals surface area contributed by atoms with Crippen molar-refractivity contribution in [1.82, 2.24) is 10.2 Å². The number of benzene rings is 1. The first-order chi connectivity index (χ1) is 8.74. The Labute approximate surface area is 111 Å². The number of hydrogen-bond donors (Lipinski definition) is 1. The number of nitrogens with one attached hydrogen (secondary N) is 1. The Morgan fingerprint density at radius 2 is 1.94 bits per heavy atom. The summed E-state index contributed by atoms with van der Waals surface area (Å²) in [6.45, 7) is 5.55. The summed E-state index contributed by atoms with van der Waals surface area (Å²) in [5.74, 6) is 0. The van der Waals surface area contributed by atoms with Gasteiger partial charge in [-0.05, 0) is 38.9 Å². The Kier molecular flexibility index (Phi) is 5.21. The van der Waals surface area contributed by atoms with E-state index in [-0.39, 0.29) is 0 Å². The molecule has 0 amide bonds. The van der Waals surface area contributed by atoms with E-state index >= 15 is 0 Å². The van der Waals surface area contributed by atoms with Crippen molar-refractivity contribution in [3.63, 3.8) is 0 Å². The van der Waals surface area contributed by atoms with Crippen LogP contribution in [0, 0.1) is 6.92 Å². The molecule has 100 valence electrons. The summed E-state index contributed by atoms with van der Waals surface area (Å²) < 4.78 is 0. The van der Waals surface area contributed by atoms with E-state index in [0.717, 1.165) is 13.1 Å². The second-order valence-electron chi connectivity index (χ2n) is 5.68. The van der Waals surface area contributed by atoms with E-state index in [1.54, 1.807) is 0 Å². The highest BCUT2D eigenvalue weighted by atomic mass is 15.1. The lowest BCUT2D eigenvalue weighted by molar-refractivity contribution is 0.278. The zero-order chi connectivity index (χ0) is 12.8. The summed E-state index contributed by atoms with van der Waals surface area (Å²) >= 11 is 0. The van der Waals surface area contributed by atoms with Crippen LogP contribution in [0.2, 0.25) is 0 Å². The smallest absolute Gasteiger partial charge is 0.0231 e. The molecule has 2 rings (SSSR count). The van der Waals surface area contributed by atoms with Gasteiger partial charge in [0.15, 0.2) is 0 Å². The molecule has 1 aliphatic rings. The fourth-order valence-electron chi connectivity index (χ4n) is 2.70. The third kappa shape index (κ3) is 4.43. The summed E-state index contributed by atoms with van der Waals surface area (Å²) in [6.07, 6.45) is 5.46. The van der Waals surface area contributed by atoms with Gasteiger partial charge < -0.3 is 10.2 Å². The van der Waals surface area contributed by atoms with Crippen molar-refractivity contribution in [3.05, 3.63) is 35.4 Å². The first-order valence-electron chi connectivity index (χ1n) is 7.21. The Balaban J connectivity index is 1.80. The molecule has 1 aliphatic heterocycles. The second kappa shape index (κ2) is 6.91. The maximum atomic E-state index is 3.67. The van der Waals surface area contributed by atoms with Crippen LogP contribution in [-0.4, -0.2) is 31.1 Å². The molecule has 0 aliphatic carbocycles. The first-order valence-corrected chi connectivity index (χ1v) is 7.21. The van der Waals surface area contributed by atoms with Crippen LogP contribution in [0.3, 0.4) is 0 Å². The summed E-state index contributed by atoms with van der Waals surface area (Å²) in [6, 6.07) is 9.57. The van der Waals surface area contributed by atoms with Gasteiger partial charge in [-0.15, -0.1) is 0 Å². The van der Waals surface area contributed by atoms with Crippen LogP contribution in [0.25, 0.3) is 0 Å². The quantitative estimate of drug-likeness (QED) is 0.878. The largest absolute Gasteiger partial charge is 0.313 e. The van der Waals surface area contributed by atoms with Crippen molar-refractivity contribution in [2.24, 2.45) is 0 Å². The van der Waals surface area contributed by atoms with Crippen molar-refractivity contribution in [2.75, 3.05) is 20.1 Å². The van der Waals surface area contributed by atoms with Gasteiger partial charge >= 0.3 is 0 Å². The van der Waals surface area contributed by atoms with Crippen molar-refractivity contribution >= 4 is 0 Å². The molecule has 1 saturated heterocycles. The van der Waals surface area contributed by atoms with E-state index in [0.29, 0.717) is 6.04 Å². The van der Waals surface area contributed by atoms with Crippen molar-refractivity contribution in [2.45, 2.75) is 45.2 Å². The molecule has 0 radical (unpaired) electrons. The van der Waals surface area contributed by atoms with E-state index in [1.807, 2.05) is 0 Å². The molecule has 1 atom stereocenters. The Morgan fingerprint density at radius 3 is 2.72 bits per heavy atom. The van der Waals surface area contributed by atoms with Crippen LogP contribution in [0.1, 0.15) is 36.8 Å². The molecular weight excluding hydrogens is 220 g/mol. The minimum Gasteiger partial charge on any atom is -0.313 e. The number of hydrogen-bond acceptors (Lipinski definition) is 2. The third-order valence-electron chi connectivity index (χ3n) is 3.77. The standard InChI is InChI=1S/C16H26N2/c1-14-7-9-15(10-8-14)12-18(2)13-16-6-4-3-5-11-17-16/h7-10,16-17H,3-6,11-13H2,1-2H3. The highest BCUT2D eigenvalue weighted by Crippen LogP contribution is 2.11. The molecule has 1 heterocycles. The summed E-state index contributed by atoms with van der Waals surface area (Å²) in [5.41, 5.74) is 2.75. The van der Waals surface area contributed by atoms with Crippen molar-refractivity contribution in [1.29, 1.82) is 0 Å². The second-order valence-corrected chi connectivity index (χ2v) is 5.68. The number of aryl methyl sites for hydroxylation is 1. The average molecular weight is 246 g/mol. The first kappa shape index (κ1) is 13.6. The molecule has 2 heteroatoms. The van der Waals surface area contributed by atoms with Crippen LogP contribution in [0.5, 0.6) is 0 Å². The predicted octanol–water partition coefficient (Wildman–Crippen LogP) is 2.96. The summed E-state index contributed by atoms with van der Waals surface area (Å²) in [7, 11) is 2.23. The van der Waals surface area contributed by atoms with Gasteiger partial charge in [-0.1, -0.05) is 42.7 Å². The van der Waals surface area contributed by atoms with Gasteiger partial charge in [0.25, 0.3) is 0 Å². The van der Waals surface area contributed by atoms with Crippen LogP contribution >= 0.6 is 0 Å². The minimum atomic E-state index is 0.683. The molecule has 1 fully saturated rings. The van der Waals surface area contributed by atoms with Gasteiger partial charge in [-0.25, -0.2) is 0 Å². The maximum Gasteiger partial charge on any atom is 0.0231 e. The van der Waals surface area contributed by atoms with E-state index < -0.39 is 0 Å². The zero-order valence-electron chi connectivity index (χ0n) is 11.8. The molecule has 0 aromatic heterocycles. The van der Waals surface area contributed by atoms with Gasteiger partial charge in [0.1, 0.15) is 0 Å². The van der Waals surface area contributed by atoms with Crippen molar-refractivity contribution in [3.8, 4) is 0 Å². The molecule has 1 unspecified atom stereocenters. The predicted molar refractivity (Wildman–Crippen MR) is 77.8 cm³/mol. The van der Waals surface area contributed by atoms with E-state index in [9.17, 15) is 0 Å². The lowest BCUT2D eigenvalue weighted by Gasteiger charge is -2.23. The SMILES string of the molecule is Cc1ccc(CN(C)CC2CCCCCN2)cc1. The average Bonchev–Trinajstić information content (AvgIpc) is 2.61. The number of likely N-dealkylation sites (N-methyl/N-ethyl adjacent to an activating group) is 1. The Morgan fingerprint density at radius 1 is 1.17 bits per heavy atom. The lowest BCUT2D eigenvalue weighted by atomic mass is 10.1. The lowest BCUT2D eigenvalue weighted by Crippen LogP contribution is -2.38. The van der Waals surface area contributed by atoms with Crippen molar-refractivity contribution < 1.29 is 0 Å². The molecule has 1 aromatic rings. The highest BCUT2D eigenvalue weighted by molar-refractivity contribution is 5.21. The Bertz CT molecular complexity index is 337. The van der Waals surface area contributed by atoms with Crippen LogP contribution in [0.4, 0.5) is 0 Å². The minimum absolute atomic E-state index is 0.683. The van der Waals surface area contributed by atoms with Gasteiger partial charge in [-0.2, -0.15) is 0 Å². The molecule has 2 nitrogen and oxygen atoms in total. The molecular formula is C16H26N2. The summed E-state index contributed by atoms with van der Waals surface area (Å²) in [5, 5.41) is 3.67. The normalized spacial score (nSPS) is 20.9. The third-order valence-corrected chi connectivity index (χ3v) is 3.77. The zero-order valence-corrected chi connectivity index (χ0v) is 11.8. The van der Waals surface area contributed by atoms with Crippen LogP contribution in [-0.2, 0) is 6.54 Å². The monoisotopic (exact) mass is 246 g/mol. The number of rotatable bonds is 4. The summed E-state index contributed by atoms with van der Waals surface area (Å²) in [4.78, 5) is 2.44. The van der Waals surface area contributed by atoms with E-state index in [2.05, 4.69) is 48.5 Å². The van der Waals surface area contributed by atoms with Crippen LogP contribution < -0.4 is 5.32 Å². The van der Waals surface area contributed by atoms with Gasteiger partial charge in [0, 0.05) is 19.1 Å². The fourth-order valence-corrected chi connectivity index (χ4v) is 2.70. The molecule has 1 aromatic carbocycles. The van der Waals surface area contributed by atoms with Crippen LogP contribution in [0.15, 0.2) is 24.3 Å². The van der Waals surface area contributed by atoms with Gasteiger partial charge in [-0.3, -0.25) is 0 Å². The van der Waals surface area contributed by atoms with Gasteiger partial charge in [0.05, 0.1) is 0 Å².